The van der Waals surface area contributed by atoms with Gasteiger partial charge in [-0.25, -0.2) is 0 Å². The second-order valence-electron chi connectivity index (χ2n) is 4.73. The molecule has 2 atom stereocenters. The summed E-state index contributed by atoms with van der Waals surface area (Å²) in [5, 5.41) is 13.1. The molecule has 0 fully saturated rings. The molecule has 0 heterocycles. The molecule has 0 spiro atoms. The Balaban J connectivity index is 2.78. The first-order chi connectivity index (χ1) is 9.08. The van der Waals surface area contributed by atoms with Crippen molar-refractivity contribution in [3.8, 4) is 5.75 Å². The highest BCUT2D eigenvalue weighted by molar-refractivity contribution is 9.10. The Morgan fingerprint density at radius 1 is 1.37 bits per heavy atom. The van der Waals surface area contributed by atoms with Gasteiger partial charge in [0.1, 0.15) is 12.4 Å². The molecular formula is C15H24BrNO2. The summed E-state index contributed by atoms with van der Waals surface area (Å²) in [6, 6.07) is 6.27. The Bertz CT molecular complexity index is 384. The zero-order valence-electron chi connectivity index (χ0n) is 11.9. The van der Waals surface area contributed by atoms with E-state index in [1.54, 1.807) is 0 Å². The fourth-order valence-corrected chi connectivity index (χ4v) is 2.11. The summed E-state index contributed by atoms with van der Waals surface area (Å²) in [5.74, 6) is 0.831. The van der Waals surface area contributed by atoms with Gasteiger partial charge in [0.2, 0.25) is 0 Å². The molecule has 0 saturated heterocycles. The van der Waals surface area contributed by atoms with Crippen LogP contribution in [0, 0.1) is 0 Å². The first kappa shape index (κ1) is 16.5. The van der Waals surface area contributed by atoms with Crippen LogP contribution in [0.2, 0.25) is 0 Å². The number of rotatable bonds is 8. The lowest BCUT2D eigenvalue weighted by Crippen LogP contribution is -2.21. The van der Waals surface area contributed by atoms with E-state index < -0.39 is 6.10 Å². The third kappa shape index (κ3) is 5.51. The fraction of sp³-hybridized carbons (Fsp3) is 0.600. The summed E-state index contributed by atoms with van der Waals surface area (Å²) in [6.07, 6.45) is 1.39. The van der Waals surface area contributed by atoms with Gasteiger partial charge in [0, 0.05) is 16.1 Å². The first-order valence-corrected chi connectivity index (χ1v) is 7.71. The summed E-state index contributed by atoms with van der Waals surface area (Å²) in [6.45, 7) is 7.54. The topological polar surface area (TPSA) is 41.5 Å². The Morgan fingerprint density at radius 3 is 2.74 bits per heavy atom. The average Bonchev–Trinajstić information content (AvgIpc) is 2.42. The third-order valence-corrected chi connectivity index (χ3v) is 3.54. The maximum absolute atomic E-state index is 9.61. The molecule has 2 N–H and O–H groups in total. The molecule has 3 nitrogen and oxygen atoms in total. The van der Waals surface area contributed by atoms with E-state index in [0.717, 1.165) is 28.8 Å². The van der Waals surface area contributed by atoms with Crippen LogP contribution in [0.25, 0.3) is 0 Å². The number of aliphatic hydroxyl groups is 1. The Hall–Kier alpha value is -0.580. The van der Waals surface area contributed by atoms with E-state index in [1.807, 2.05) is 19.1 Å². The highest BCUT2D eigenvalue weighted by Gasteiger charge is 2.12. The van der Waals surface area contributed by atoms with Gasteiger partial charge in [0.15, 0.2) is 0 Å². The Kier molecular flexibility index (Phi) is 7.42. The van der Waals surface area contributed by atoms with Gasteiger partial charge in [-0.05, 0) is 38.4 Å². The zero-order chi connectivity index (χ0) is 14.3. The molecule has 0 saturated carbocycles. The maximum Gasteiger partial charge on any atom is 0.125 e. The molecule has 2 unspecified atom stereocenters. The van der Waals surface area contributed by atoms with Crippen LogP contribution in [-0.2, 0) is 0 Å². The van der Waals surface area contributed by atoms with Crippen LogP contribution in [0.15, 0.2) is 22.7 Å². The summed E-state index contributed by atoms with van der Waals surface area (Å²) in [7, 11) is 0. The van der Waals surface area contributed by atoms with Crippen LogP contribution < -0.4 is 10.1 Å². The van der Waals surface area contributed by atoms with Crippen molar-refractivity contribution in [1.29, 1.82) is 0 Å². The van der Waals surface area contributed by atoms with Gasteiger partial charge >= 0.3 is 0 Å². The van der Waals surface area contributed by atoms with Gasteiger partial charge < -0.3 is 15.2 Å². The van der Waals surface area contributed by atoms with Crippen molar-refractivity contribution in [3.63, 3.8) is 0 Å². The quantitative estimate of drug-likeness (QED) is 0.764. The molecule has 108 valence electrons. The molecule has 0 amide bonds. The molecule has 0 aliphatic heterocycles. The number of halogens is 1. The van der Waals surface area contributed by atoms with Gasteiger partial charge in [-0.3, -0.25) is 0 Å². The fourth-order valence-electron chi connectivity index (χ4n) is 1.77. The summed E-state index contributed by atoms with van der Waals surface area (Å²) >= 11 is 3.46. The number of hydrogen-bond acceptors (Lipinski definition) is 3. The minimum Gasteiger partial charge on any atom is -0.491 e. The SMILES string of the molecule is CCCNC(C)c1ccc(Br)cc1OCC(O)CC. The van der Waals surface area contributed by atoms with Crippen molar-refractivity contribution in [3.05, 3.63) is 28.2 Å². The number of ether oxygens (including phenoxy) is 1. The van der Waals surface area contributed by atoms with Crippen molar-refractivity contribution < 1.29 is 9.84 Å². The number of aliphatic hydroxyl groups excluding tert-OH is 1. The van der Waals surface area contributed by atoms with Crippen LogP contribution >= 0.6 is 15.9 Å². The third-order valence-electron chi connectivity index (χ3n) is 3.05. The Morgan fingerprint density at radius 2 is 2.11 bits per heavy atom. The van der Waals surface area contributed by atoms with Crippen LogP contribution in [0.1, 0.15) is 45.2 Å². The van der Waals surface area contributed by atoms with Crippen molar-refractivity contribution in [2.45, 2.75) is 45.8 Å². The lowest BCUT2D eigenvalue weighted by Gasteiger charge is -2.19. The van der Waals surface area contributed by atoms with E-state index in [0.29, 0.717) is 13.0 Å². The monoisotopic (exact) mass is 329 g/mol. The standard InChI is InChI=1S/C15H24BrNO2/c1-4-8-17-11(3)14-7-6-12(16)9-15(14)19-10-13(18)5-2/h6-7,9,11,13,17-18H,4-5,8,10H2,1-3H3. The van der Waals surface area contributed by atoms with E-state index in [2.05, 4.69) is 41.2 Å². The summed E-state index contributed by atoms with van der Waals surface area (Å²) in [5.41, 5.74) is 1.12. The molecule has 19 heavy (non-hydrogen) atoms. The van der Waals surface area contributed by atoms with Gasteiger partial charge in [-0.2, -0.15) is 0 Å². The normalized spacial score (nSPS) is 14.2. The number of hydrogen-bond donors (Lipinski definition) is 2. The second-order valence-corrected chi connectivity index (χ2v) is 5.65. The molecule has 1 rings (SSSR count). The largest absolute Gasteiger partial charge is 0.491 e. The molecule has 0 radical (unpaired) electrons. The Labute approximate surface area is 124 Å². The van der Waals surface area contributed by atoms with Crippen molar-refractivity contribution >= 4 is 15.9 Å². The minimum absolute atomic E-state index is 0.238. The molecule has 0 aliphatic carbocycles. The maximum atomic E-state index is 9.61. The van der Waals surface area contributed by atoms with E-state index >= 15 is 0 Å². The van der Waals surface area contributed by atoms with E-state index in [1.165, 1.54) is 0 Å². The van der Waals surface area contributed by atoms with Gasteiger partial charge in [-0.1, -0.05) is 35.8 Å². The predicted octanol–water partition coefficient (Wildman–Crippen LogP) is 3.66. The van der Waals surface area contributed by atoms with Crippen LogP contribution in [-0.4, -0.2) is 24.4 Å². The highest BCUT2D eigenvalue weighted by Crippen LogP contribution is 2.29. The molecule has 0 aliphatic rings. The van der Waals surface area contributed by atoms with Gasteiger partial charge in [0.25, 0.3) is 0 Å². The predicted molar refractivity (Wildman–Crippen MR) is 82.6 cm³/mol. The van der Waals surface area contributed by atoms with Crippen molar-refractivity contribution in [2.75, 3.05) is 13.2 Å². The van der Waals surface area contributed by atoms with Crippen LogP contribution in [0.5, 0.6) is 5.75 Å². The zero-order valence-corrected chi connectivity index (χ0v) is 13.5. The van der Waals surface area contributed by atoms with E-state index in [9.17, 15) is 5.11 Å². The molecule has 1 aromatic carbocycles. The minimum atomic E-state index is -0.411. The molecule has 4 heteroatoms. The van der Waals surface area contributed by atoms with E-state index in [-0.39, 0.29) is 6.04 Å². The van der Waals surface area contributed by atoms with Crippen molar-refractivity contribution in [2.24, 2.45) is 0 Å². The second kappa shape index (κ2) is 8.56. The smallest absolute Gasteiger partial charge is 0.125 e. The highest BCUT2D eigenvalue weighted by atomic mass is 79.9. The van der Waals surface area contributed by atoms with Gasteiger partial charge in [0.05, 0.1) is 6.10 Å². The summed E-state index contributed by atoms with van der Waals surface area (Å²) < 4.78 is 6.74. The molecule has 0 aromatic heterocycles. The van der Waals surface area contributed by atoms with Crippen LogP contribution in [0.3, 0.4) is 0 Å². The van der Waals surface area contributed by atoms with Crippen LogP contribution in [0.4, 0.5) is 0 Å². The average molecular weight is 330 g/mol. The first-order valence-electron chi connectivity index (χ1n) is 6.92. The molecular weight excluding hydrogens is 306 g/mol. The van der Waals surface area contributed by atoms with Crippen molar-refractivity contribution in [1.82, 2.24) is 5.32 Å². The van der Waals surface area contributed by atoms with E-state index in [4.69, 9.17) is 4.74 Å². The lowest BCUT2D eigenvalue weighted by molar-refractivity contribution is 0.103. The molecule has 1 aromatic rings. The summed E-state index contributed by atoms with van der Waals surface area (Å²) in [4.78, 5) is 0. The lowest BCUT2D eigenvalue weighted by atomic mass is 10.1. The number of benzene rings is 1. The number of nitrogens with one attached hydrogen (secondary N) is 1. The van der Waals surface area contributed by atoms with Gasteiger partial charge in [-0.15, -0.1) is 0 Å². The molecule has 0 bridgehead atoms.